The van der Waals surface area contributed by atoms with Crippen LogP contribution in [0.25, 0.3) is 0 Å². The van der Waals surface area contributed by atoms with E-state index in [1.54, 1.807) is 20.1 Å². The summed E-state index contributed by atoms with van der Waals surface area (Å²) in [6.07, 6.45) is -3.05. The maximum absolute atomic E-state index is 13.4. The summed E-state index contributed by atoms with van der Waals surface area (Å²) in [4.78, 5) is 28.3. The first-order chi connectivity index (χ1) is 13.5. The Morgan fingerprint density at radius 3 is 2.34 bits per heavy atom. The summed E-state index contributed by atoms with van der Waals surface area (Å²) < 4.78 is 41.1. The number of amides is 3. The third-order valence-corrected chi connectivity index (χ3v) is 6.43. The smallest absolute Gasteiger partial charge is 0.305 e. The molecule has 29 heavy (non-hydrogen) atoms. The van der Waals surface area contributed by atoms with E-state index in [4.69, 9.17) is 0 Å². The second-order valence-electron chi connectivity index (χ2n) is 7.04. The fourth-order valence-electron chi connectivity index (χ4n) is 3.18. The Morgan fingerprint density at radius 1 is 1.10 bits per heavy atom. The molecule has 1 saturated heterocycles. The van der Waals surface area contributed by atoms with Gasteiger partial charge in [-0.25, -0.2) is 9.69 Å². The van der Waals surface area contributed by atoms with Gasteiger partial charge in [-0.1, -0.05) is 34.1 Å². The number of anilines is 1. The molecule has 1 aliphatic heterocycles. The first kappa shape index (κ1) is 21.7. The molecule has 1 fully saturated rings. The molecule has 2 aromatic carbocycles. The molecule has 0 aliphatic carbocycles. The molecule has 0 unspecified atom stereocenters. The second-order valence-corrected chi connectivity index (χ2v) is 8.74. The normalized spacial score (nSPS) is 16.7. The molecule has 3 rings (SSSR count). The molecular formula is C20H18BrF3N2O2S. The summed E-state index contributed by atoms with van der Waals surface area (Å²) in [7, 11) is 0. The number of carbonyl (C=O) groups is 2. The van der Waals surface area contributed by atoms with Crippen LogP contribution in [0.4, 0.5) is 23.7 Å². The van der Waals surface area contributed by atoms with Crippen LogP contribution in [0.2, 0.25) is 0 Å². The maximum atomic E-state index is 13.4. The molecule has 154 valence electrons. The summed E-state index contributed by atoms with van der Waals surface area (Å²) in [5.41, 5.74) is -1.38. The van der Waals surface area contributed by atoms with Gasteiger partial charge in [-0.2, -0.15) is 13.2 Å². The standard InChI is InChI=1S/C20H18BrF3N2O2S/c1-19(2)17(27)26(13-8-9-16(29-3)14(10-13)20(22,23)24)18(28)25(19)11-12-6-4-5-7-15(12)21/h4-10H,11H2,1-3H3. The number of halogens is 4. The van der Waals surface area contributed by atoms with Crippen LogP contribution in [-0.2, 0) is 17.5 Å². The molecular weight excluding hydrogens is 469 g/mol. The Labute approximate surface area is 179 Å². The summed E-state index contributed by atoms with van der Waals surface area (Å²) in [5.74, 6) is -0.570. The van der Waals surface area contributed by atoms with Crippen molar-refractivity contribution in [2.75, 3.05) is 11.2 Å². The van der Waals surface area contributed by atoms with Gasteiger partial charge in [-0.15, -0.1) is 11.8 Å². The van der Waals surface area contributed by atoms with Gasteiger partial charge in [-0.05, 0) is 49.9 Å². The molecule has 0 atom stereocenters. The predicted molar refractivity (Wildman–Crippen MR) is 110 cm³/mol. The van der Waals surface area contributed by atoms with Gasteiger partial charge in [0.25, 0.3) is 5.91 Å². The van der Waals surface area contributed by atoms with Crippen molar-refractivity contribution in [2.24, 2.45) is 0 Å². The second kappa shape index (κ2) is 7.68. The minimum Gasteiger partial charge on any atom is -0.305 e. The number of alkyl halides is 3. The summed E-state index contributed by atoms with van der Waals surface area (Å²) in [6, 6.07) is 10.1. The number of carbonyl (C=O) groups excluding carboxylic acids is 2. The van der Waals surface area contributed by atoms with Crippen molar-refractivity contribution in [1.29, 1.82) is 0 Å². The quantitative estimate of drug-likeness (QED) is 0.396. The lowest BCUT2D eigenvalue weighted by Crippen LogP contribution is -2.43. The van der Waals surface area contributed by atoms with Crippen LogP contribution >= 0.6 is 27.7 Å². The lowest BCUT2D eigenvalue weighted by Gasteiger charge is -2.28. The van der Waals surface area contributed by atoms with Gasteiger partial charge in [0.1, 0.15) is 5.54 Å². The van der Waals surface area contributed by atoms with E-state index in [1.807, 2.05) is 24.3 Å². The Balaban J connectivity index is 2.02. The highest BCUT2D eigenvalue weighted by Gasteiger charge is 2.52. The number of hydrogen-bond acceptors (Lipinski definition) is 3. The van der Waals surface area contributed by atoms with Crippen molar-refractivity contribution in [3.8, 4) is 0 Å². The minimum absolute atomic E-state index is 0.0321. The zero-order chi connectivity index (χ0) is 21.6. The molecule has 4 nitrogen and oxygen atoms in total. The van der Waals surface area contributed by atoms with E-state index in [-0.39, 0.29) is 17.1 Å². The van der Waals surface area contributed by atoms with Crippen LogP contribution in [-0.4, -0.2) is 28.6 Å². The van der Waals surface area contributed by atoms with E-state index in [1.165, 1.54) is 17.0 Å². The lowest BCUT2D eigenvalue weighted by atomic mass is 10.0. The third kappa shape index (κ3) is 3.90. The molecule has 0 aromatic heterocycles. The third-order valence-electron chi connectivity index (χ3n) is 4.86. The van der Waals surface area contributed by atoms with Gasteiger partial charge in [0.15, 0.2) is 0 Å². The zero-order valence-electron chi connectivity index (χ0n) is 15.9. The lowest BCUT2D eigenvalue weighted by molar-refractivity contribution is -0.139. The Hall–Kier alpha value is -2.00. The van der Waals surface area contributed by atoms with Gasteiger partial charge in [0.2, 0.25) is 0 Å². The molecule has 2 aromatic rings. The molecule has 9 heteroatoms. The van der Waals surface area contributed by atoms with Gasteiger partial charge < -0.3 is 4.90 Å². The zero-order valence-corrected chi connectivity index (χ0v) is 18.3. The number of imide groups is 1. The number of thioether (sulfide) groups is 1. The number of benzene rings is 2. The van der Waals surface area contributed by atoms with Crippen molar-refractivity contribution in [3.05, 3.63) is 58.1 Å². The fraction of sp³-hybridized carbons (Fsp3) is 0.300. The molecule has 1 heterocycles. The Bertz CT molecular complexity index is 978. The van der Waals surface area contributed by atoms with E-state index < -0.39 is 29.2 Å². The van der Waals surface area contributed by atoms with Crippen molar-refractivity contribution in [1.82, 2.24) is 4.90 Å². The van der Waals surface area contributed by atoms with Crippen LogP contribution in [0.15, 0.2) is 51.8 Å². The Kier molecular flexibility index (Phi) is 5.75. The van der Waals surface area contributed by atoms with Crippen LogP contribution in [0, 0.1) is 0 Å². The minimum atomic E-state index is -4.59. The van der Waals surface area contributed by atoms with Crippen molar-refractivity contribution in [3.63, 3.8) is 0 Å². The van der Waals surface area contributed by atoms with Gasteiger partial charge in [-0.3, -0.25) is 4.79 Å². The Morgan fingerprint density at radius 2 is 1.76 bits per heavy atom. The highest BCUT2D eigenvalue weighted by molar-refractivity contribution is 9.10. The number of hydrogen-bond donors (Lipinski definition) is 0. The maximum Gasteiger partial charge on any atom is 0.417 e. The SMILES string of the molecule is CSc1ccc(N2C(=O)N(Cc3ccccc3Br)C(C)(C)C2=O)cc1C(F)(F)F. The number of nitrogens with zero attached hydrogens (tertiary/aromatic N) is 2. The number of urea groups is 1. The van der Waals surface area contributed by atoms with Crippen molar-refractivity contribution >= 4 is 45.3 Å². The average Bonchev–Trinajstić information content (AvgIpc) is 2.82. The van der Waals surface area contributed by atoms with Crippen LogP contribution in [0.5, 0.6) is 0 Å². The summed E-state index contributed by atoms with van der Waals surface area (Å²) in [6.45, 7) is 3.32. The average molecular weight is 487 g/mol. The van der Waals surface area contributed by atoms with E-state index in [9.17, 15) is 22.8 Å². The summed E-state index contributed by atoms with van der Waals surface area (Å²) >= 11 is 4.37. The molecule has 0 radical (unpaired) electrons. The first-order valence-electron chi connectivity index (χ1n) is 8.63. The van der Waals surface area contributed by atoms with E-state index in [0.717, 1.165) is 32.8 Å². The molecule has 0 N–H and O–H groups in total. The summed E-state index contributed by atoms with van der Waals surface area (Å²) in [5, 5.41) is 0. The van der Waals surface area contributed by atoms with E-state index in [0.29, 0.717) is 0 Å². The highest BCUT2D eigenvalue weighted by atomic mass is 79.9. The largest absolute Gasteiger partial charge is 0.417 e. The fourth-order valence-corrected chi connectivity index (χ4v) is 4.19. The molecule has 0 saturated carbocycles. The van der Waals surface area contributed by atoms with E-state index >= 15 is 0 Å². The number of rotatable bonds is 4. The molecule has 0 bridgehead atoms. The topological polar surface area (TPSA) is 40.6 Å². The first-order valence-corrected chi connectivity index (χ1v) is 10.6. The monoisotopic (exact) mass is 486 g/mol. The molecule has 1 aliphatic rings. The van der Waals surface area contributed by atoms with Gasteiger partial charge in [0, 0.05) is 15.9 Å². The van der Waals surface area contributed by atoms with Crippen LogP contribution < -0.4 is 4.90 Å². The molecule has 0 spiro atoms. The van der Waals surface area contributed by atoms with Crippen molar-refractivity contribution < 1.29 is 22.8 Å². The van der Waals surface area contributed by atoms with E-state index in [2.05, 4.69) is 15.9 Å². The van der Waals surface area contributed by atoms with Crippen LogP contribution in [0.1, 0.15) is 25.0 Å². The van der Waals surface area contributed by atoms with Crippen LogP contribution in [0.3, 0.4) is 0 Å². The molecule has 3 amide bonds. The predicted octanol–water partition coefficient (Wildman–Crippen LogP) is 5.94. The highest BCUT2D eigenvalue weighted by Crippen LogP contribution is 2.40. The van der Waals surface area contributed by atoms with Gasteiger partial charge >= 0.3 is 12.2 Å². The van der Waals surface area contributed by atoms with Gasteiger partial charge in [0.05, 0.1) is 11.3 Å². The van der Waals surface area contributed by atoms with Crippen molar-refractivity contribution in [2.45, 2.75) is 37.0 Å².